The van der Waals surface area contributed by atoms with Crippen molar-refractivity contribution in [3.8, 4) is 0 Å². The Bertz CT molecular complexity index is 217. The second-order valence-corrected chi connectivity index (χ2v) is 1.52. The molecule has 0 saturated carbocycles. The van der Waals surface area contributed by atoms with Crippen LogP contribution in [-0.2, 0) is 0 Å². The van der Waals surface area contributed by atoms with Crippen molar-refractivity contribution >= 4 is 28.7 Å². The first-order valence-corrected chi connectivity index (χ1v) is 2.41. The second-order valence-electron chi connectivity index (χ2n) is 1.52. The summed E-state index contributed by atoms with van der Waals surface area (Å²) in [6.07, 6.45) is 0. The van der Waals surface area contributed by atoms with Gasteiger partial charge in [0.2, 0.25) is 0 Å². The molecule has 0 atom stereocenters. The van der Waals surface area contributed by atoms with Crippen LogP contribution in [0, 0.1) is 16.2 Å². The smallest absolute Gasteiger partial charge is 1.00 e. The molecule has 1 rings (SSSR count). The van der Waals surface area contributed by atoms with Gasteiger partial charge in [-0.05, 0) is 0 Å². The van der Waals surface area contributed by atoms with Crippen LogP contribution in [0.5, 0.6) is 0 Å². The predicted octanol–water partition coefficient (Wildman–Crippen LogP) is -1.98. The zero-order valence-corrected chi connectivity index (χ0v) is 8.66. The molecule has 0 heterocycles. The van der Waals surface area contributed by atoms with E-state index in [1.165, 1.54) is 24.3 Å². The maximum Gasteiger partial charge on any atom is 2.00 e. The zero-order valence-electron chi connectivity index (χ0n) is 5.66. The predicted molar refractivity (Wildman–Crippen MR) is 37.7 cm³/mol. The Hall–Kier alpha value is -0.134. The molecule has 0 N–H and O–H groups in total. The fourth-order valence-electron chi connectivity index (χ4n) is 0.500. The Labute approximate surface area is 90.9 Å². The molecule has 0 aromatic heterocycles. The average Bonchev–Trinajstić information content (AvgIpc) is 1.90. The van der Waals surface area contributed by atoms with Gasteiger partial charge in [0.15, 0.2) is 5.69 Å². The van der Waals surface area contributed by atoms with E-state index in [9.17, 15) is 10.1 Å². The first-order chi connectivity index (χ1) is 4.30. The van der Waals surface area contributed by atoms with Gasteiger partial charge in [-0.3, -0.25) is 10.1 Å². The maximum atomic E-state index is 9.99. The number of hydrogen-bond donors (Lipinski definition) is 0. The summed E-state index contributed by atoms with van der Waals surface area (Å²) in [5.74, 6) is 0. The minimum atomic E-state index is -0.437. The van der Waals surface area contributed by atoms with Crippen LogP contribution >= 0.6 is 0 Å². The fraction of sp³-hybridized carbons (Fsp3) is 0. The van der Waals surface area contributed by atoms with E-state index in [1.54, 1.807) is 0 Å². The molecule has 0 aliphatic heterocycles. The van der Waals surface area contributed by atoms with Crippen LogP contribution in [0.25, 0.3) is 0 Å². The van der Waals surface area contributed by atoms with Crippen molar-refractivity contribution in [1.29, 1.82) is 0 Å². The molecule has 0 aliphatic carbocycles. The summed E-state index contributed by atoms with van der Waals surface area (Å²) < 4.78 is 0. The average molecular weight is 226 g/mol. The molecular weight excluding hydrogens is 222 g/mol. The van der Waals surface area contributed by atoms with Crippen LogP contribution in [0.15, 0.2) is 24.3 Å². The van der Waals surface area contributed by atoms with Crippen LogP contribution in [0.2, 0.25) is 0 Å². The fourth-order valence-corrected chi connectivity index (χ4v) is 0.500. The molecular formula is C6H4BrMgNO2. The van der Waals surface area contributed by atoms with Crippen molar-refractivity contribution in [1.82, 2.24) is 0 Å². The molecule has 3 nitrogen and oxygen atoms in total. The van der Waals surface area contributed by atoms with Gasteiger partial charge in [0.05, 0.1) is 0 Å². The van der Waals surface area contributed by atoms with Gasteiger partial charge >= 0.3 is 23.1 Å². The number of hydrogen-bond acceptors (Lipinski definition) is 2. The van der Waals surface area contributed by atoms with Crippen LogP contribution in [0.4, 0.5) is 5.69 Å². The Morgan fingerprint density at radius 2 is 1.82 bits per heavy atom. The van der Waals surface area contributed by atoms with E-state index < -0.39 is 4.92 Å². The third kappa shape index (κ3) is 4.34. The summed E-state index contributed by atoms with van der Waals surface area (Å²) in [6.45, 7) is 0. The van der Waals surface area contributed by atoms with Crippen molar-refractivity contribution in [2.24, 2.45) is 0 Å². The number of halogens is 1. The first kappa shape index (κ1) is 13.5. The van der Waals surface area contributed by atoms with Gasteiger partial charge in [-0.2, -0.15) is 18.2 Å². The molecule has 0 spiro atoms. The van der Waals surface area contributed by atoms with Gasteiger partial charge < -0.3 is 17.0 Å². The number of nitro benzene ring substituents is 1. The minimum Gasteiger partial charge on any atom is -1.00 e. The summed E-state index contributed by atoms with van der Waals surface area (Å²) in [6, 6.07) is 8.51. The Balaban J connectivity index is 0. The monoisotopic (exact) mass is 225 g/mol. The van der Waals surface area contributed by atoms with E-state index in [4.69, 9.17) is 0 Å². The van der Waals surface area contributed by atoms with Gasteiger partial charge in [-0.1, -0.05) is 12.1 Å². The maximum absolute atomic E-state index is 9.99. The van der Waals surface area contributed by atoms with Crippen molar-refractivity contribution in [2.45, 2.75) is 0 Å². The third-order valence-corrected chi connectivity index (χ3v) is 0.911. The van der Waals surface area contributed by atoms with E-state index in [0.717, 1.165) is 0 Å². The van der Waals surface area contributed by atoms with E-state index in [0.29, 0.717) is 0 Å². The molecule has 1 aromatic carbocycles. The Morgan fingerprint density at radius 3 is 2.09 bits per heavy atom. The van der Waals surface area contributed by atoms with E-state index in [2.05, 4.69) is 6.07 Å². The van der Waals surface area contributed by atoms with Crippen molar-refractivity contribution in [3.63, 3.8) is 0 Å². The molecule has 0 bridgehead atoms. The topological polar surface area (TPSA) is 43.1 Å². The molecule has 1 aromatic rings. The number of benzene rings is 1. The molecule has 11 heavy (non-hydrogen) atoms. The molecule has 0 radical (unpaired) electrons. The van der Waals surface area contributed by atoms with Gasteiger partial charge in [-0.25, -0.2) is 0 Å². The Kier molecular flexibility index (Phi) is 8.03. The van der Waals surface area contributed by atoms with Crippen LogP contribution in [0.1, 0.15) is 0 Å². The molecule has 0 unspecified atom stereocenters. The number of nitro groups is 1. The summed E-state index contributed by atoms with van der Waals surface area (Å²) in [4.78, 5) is 9.56. The third-order valence-electron chi connectivity index (χ3n) is 0.911. The molecule has 0 aliphatic rings. The number of rotatable bonds is 1. The number of nitrogens with zero attached hydrogens (tertiary/aromatic N) is 1. The van der Waals surface area contributed by atoms with E-state index in [1.807, 2.05) is 0 Å². The van der Waals surface area contributed by atoms with Crippen molar-refractivity contribution in [2.75, 3.05) is 0 Å². The number of non-ortho nitro benzene ring substituents is 1. The summed E-state index contributed by atoms with van der Waals surface area (Å²) in [7, 11) is 0. The van der Waals surface area contributed by atoms with Crippen molar-refractivity contribution in [3.05, 3.63) is 40.4 Å². The van der Waals surface area contributed by atoms with E-state index in [-0.39, 0.29) is 45.7 Å². The Morgan fingerprint density at radius 1 is 1.36 bits per heavy atom. The zero-order chi connectivity index (χ0) is 6.69. The van der Waals surface area contributed by atoms with Crippen LogP contribution < -0.4 is 17.0 Å². The normalized spacial score (nSPS) is 7.27. The molecule has 0 saturated heterocycles. The molecule has 5 heteroatoms. The van der Waals surface area contributed by atoms with Gasteiger partial charge in [-0.15, -0.1) is 0 Å². The minimum absolute atomic E-state index is 0. The largest absolute Gasteiger partial charge is 2.00 e. The summed E-state index contributed by atoms with van der Waals surface area (Å²) in [5, 5.41) is 9.99. The van der Waals surface area contributed by atoms with E-state index >= 15 is 0 Å². The summed E-state index contributed by atoms with van der Waals surface area (Å²) >= 11 is 0. The second kappa shape index (κ2) is 6.57. The molecule has 0 fully saturated rings. The quantitative estimate of drug-likeness (QED) is 0.241. The van der Waals surface area contributed by atoms with Crippen LogP contribution in [0.3, 0.4) is 0 Å². The first-order valence-electron chi connectivity index (χ1n) is 2.41. The molecule has 0 amide bonds. The van der Waals surface area contributed by atoms with Crippen molar-refractivity contribution < 1.29 is 21.9 Å². The SMILES string of the molecule is O=[N+]([O-])c1cc[c-]cc1.[Br-].[Mg+2]. The standard InChI is InChI=1S/C6H4NO2.BrH.Mg/c8-7(9)6-4-2-1-3-5-6;;/h2-5H;1H;/q-1;;+2/p-1. The molecule has 54 valence electrons. The van der Waals surface area contributed by atoms with Gasteiger partial charge in [0.25, 0.3) is 0 Å². The van der Waals surface area contributed by atoms with Gasteiger partial charge in [0, 0.05) is 4.92 Å². The van der Waals surface area contributed by atoms with Crippen LogP contribution in [-0.4, -0.2) is 28.0 Å². The summed E-state index contributed by atoms with van der Waals surface area (Å²) in [5.41, 5.74) is 0.105. The van der Waals surface area contributed by atoms with Gasteiger partial charge in [0.1, 0.15) is 0 Å².